The molecular formula is C20H16BrNOSi. The third kappa shape index (κ3) is 2.10. The fraction of sp³-hybridized carbons (Fsp3) is 0.0500. The number of fused-ring (bicyclic) bond motifs is 2. The second-order valence-corrected chi connectivity index (χ2v) is 10.9. The van der Waals surface area contributed by atoms with Crippen LogP contribution in [0, 0.1) is 0 Å². The van der Waals surface area contributed by atoms with Crippen LogP contribution in [-0.2, 0) is 0 Å². The maximum atomic E-state index is 10.1. The van der Waals surface area contributed by atoms with Crippen LogP contribution < -0.4 is 26.1 Å². The largest absolute Gasteiger partial charge is 0.508 e. The van der Waals surface area contributed by atoms with Gasteiger partial charge in [0, 0.05) is 4.47 Å². The van der Waals surface area contributed by atoms with Gasteiger partial charge in [0.15, 0.2) is 8.07 Å². The van der Waals surface area contributed by atoms with Gasteiger partial charge >= 0.3 is 0 Å². The van der Waals surface area contributed by atoms with Gasteiger partial charge in [-0.2, -0.15) is 0 Å². The Balaban J connectivity index is 2.21. The summed E-state index contributed by atoms with van der Waals surface area (Å²) in [6.07, 6.45) is 0. The van der Waals surface area contributed by atoms with E-state index in [0.717, 1.165) is 25.9 Å². The van der Waals surface area contributed by atoms with Crippen LogP contribution in [0.15, 0.2) is 70.1 Å². The first-order valence-electron chi connectivity index (χ1n) is 7.77. The van der Waals surface area contributed by atoms with E-state index in [2.05, 4.69) is 53.3 Å². The number of rotatable bonds is 1. The van der Waals surface area contributed by atoms with Gasteiger partial charge in [-0.05, 0) is 45.0 Å². The maximum absolute atomic E-state index is 10.1. The van der Waals surface area contributed by atoms with Crippen molar-refractivity contribution in [2.24, 2.45) is 4.99 Å². The number of hydrogen-bond donors (Lipinski definition) is 1. The summed E-state index contributed by atoms with van der Waals surface area (Å²) in [5.74, 6) is 0.281. The van der Waals surface area contributed by atoms with Gasteiger partial charge in [-0.15, -0.1) is 0 Å². The zero-order valence-electron chi connectivity index (χ0n) is 13.3. The molecule has 1 N–H and O–H groups in total. The molecule has 3 aromatic carbocycles. The average molecular weight is 394 g/mol. The van der Waals surface area contributed by atoms with Crippen LogP contribution in [0.2, 0.25) is 6.55 Å². The Morgan fingerprint density at radius 1 is 1.04 bits per heavy atom. The van der Waals surface area contributed by atoms with E-state index in [4.69, 9.17) is 4.99 Å². The Hall–Kier alpha value is -2.17. The van der Waals surface area contributed by atoms with Crippen molar-refractivity contribution in [3.63, 3.8) is 0 Å². The molecule has 0 fully saturated rings. The molecule has 1 unspecified atom stereocenters. The smallest absolute Gasteiger partial charge is 0.152 e. The molecule has 0 saturated heterocycles. The first kappa shape index (κ1) is 15.4. The lowest BCUT2D eigenvalue weighted by molar-refractivity contribution is 0.476. The molecule has 1 aliphatic rings. The molecule has 0 amide bonds. The summed E-state index contributed by atoms with van der Waals surface area (Å²) >= 11 is 3.76. The minimum Gasteiger partial charge on any atom is -0.508 e. The summed E-state index contributed by atoms with van der Waals surface area (Å²) in [5, 5.41) is 15.7. The lowest BCUT2D eigenvalue weighted by Gasteiger charge is -2.34. The number of aromatic hydroxyl groups is 1. The minimum atomic E-state index is -2.30. The van der Waals surface area contributed by atoms with Gasteiger partial charge in [0.05, 0.1) is 11.0 Å². The van der Waals surface area contributed by atoms with E-state index in [0.29, 0.717) is 0 Å². The van der Waals surface area contributed by atoms with Crippen LogP contribution in [0.5, 0.6) is 5.75 Å². The number of phenolic OH excluding ortho intramolecular Hbond substituents is 1. The van der Waals surface area contributed by atoms with E-state index in [-0.39, 0.29) is 5.75 Å². The predicted octanol–water partition coefficient (Wildman–Crippen LogP) is 1.93. The standard InChI is InChI=1S/C20H16BrNOSi/c1-13-8-10-17-20(19(13)21)24(2,15-6-4-3-5-7-15)18-12-14(23)9-11-16(18)22-17/h3-12,23H,1H2,2H3. The molecule has 0 aliphatic carbocycles. The van der Waals surface area contributed by atoms with Crippen LogP contribution in [-0.4, -0.2) is 13.2 Å². The molecule has 0 spiro atoms. The Kier molecular flexibility index (Phi) is 3.48. The topological polar surface area (TPSA) is 32.6 Å². The number of halogens is 1. The van der Waals surface area contributed by atoms with Crippen molar-refractivity contribution in [2.45, 2.75) is 6.55 Å². The summed E-state index contributed by atoms with van der Waals surface area (Å²) in [4.78, 5) is 4.84. The van der Waals surface area contributed by atoms with Gasteiger partial charge in [0.2, 0.25) is 0 Å². The third-order valence-corrected chi connectivity index (χ3v) is 10.6. The van der Waals surface area contributed by atoms with Crippen LogP contribution >= 0.6 is 15.9 Å². The van der Waals surface area contributed by atoms with Crippen molar-refractivity contribution < 1.29 is 5.11 Å². The zero-order valence-corrected chi connectivity index (χ0v) is 15.8. The summed E-state index contributed by atoms with van der Waals surface area (Å²) < 4.78 is 1.02. The fourth-order valence-corrected chi connectivity index (χ4v) is 9.13. The van der Waals surface area contributed by atoms with Gasteiger partial charge in [-0.3, -0.25) is 0 Å². The highest BCUT2D eigenvalue weighted by molar-refractivity contribution is 9.10. The average Bonchev–Trinajstić information content (AvgIpc) is 2.60. The predicted molar refractivity (Wildman–Crippen MR) is 105 cm³/mol. The van der Waals surface area contributed by atoms with Crippen molar-refractivity contribution in [1.29, 1.82) is 0 Å². The number of benzene rings is 3. The van der Waals surface area contributed by atoms with Gasteiger partial charge in [0.25, 0.3) is 0 Å². The van der Waals surface area contributed by atoms with Crippen LogP contribution in [0.3, 0.4) is 0 Å². The lowest BCUT2D eigenvalue weighted by atomic mass is 10.2. The van der Waals surface area contributed by atoms with Crippen molar-refractivity contribution in [3.05, 3.63) is 75.7 Å². The zero-order chi connectivity index (χ0) is 16.9. The van der Waals surface area contributed by atoms with E-state index in [1.807, 2.05) is 30.3 Å². The fourth-order valence-electron chi connectivity index (χ4n) is 3.54. The van der Waals surface area contributed by atoms with Crippen molar-refractivity contribution in [1.82, 2.24) is 0 Å². The highest BCUT2D eigenvalue weighted by Gasteiger charge is 2.41. The molecule has 0 radical (unpaired) electrons. The van der Waals surface area contributed by atoms with Crippen LogP contribution in [0.1, 0.15) is 0 Å². The normalized spacial score (nSPS) is 18.4. The Bertz CT molecular complexity index is 1060. The van der Waals surface area contributed by atoms with E-state index in [1.54, 1.807) is 6.07 Å². The van der Waals surface area contributed by atoms with E-state index in [9.17, 15) is 5.11 Å². The molecule has 4 rings (SSSR count). The molecule has 1 atom stereocenters. The molecule has 0 aromatic heterocycles. The molecular weight excluding hydrogens is 378 g/mol. The van der Waals surface area contributed by atoms with Crippen molar-refractivity contribution in [2.75, 3.05) is 0 Å². The Morgan fingerprint density at radius 3 is 2.54 bits per heavy atom. The number of hydrogen-bond acceptors (Lipinski definition) is 2. The molecule has 118 valence electrons. The summed E-state index contributed by atoms with van der Waals surface area (Å²) in [6.45, 7) is 6.46. The molecule has 0 saturated carbocycles. The number of nitrogens with zero attached hydrogens (tertiary/aromatic N) is 1. The highest BCUT2D eigenvalue weighted by atomic mass is 79.9. The Labute approximate surface area is 150 Å². The van der Waals surface area contributed by atoms with Gasteiger partial charge in [-0.1, -0.05) is 65.5 Å². The second kappa shape index (κ2) is 5.43. The lowest BCUT2D eigenvalue weighted by Crippen LogP contribution is -2.71. The van der Waals surface area contributed by atoms with E-state index >= 15 is 0 Å². The van der Waals surface area contributed by atoms with Gasteiger partial charge < -0.3 is 5.11 Å². The van der Waals surface area contributed by atoms with Crippen LogP contribution in [0.4, 0.5) is 5.69 Å². The first-order valence-corrected chi connectivity index (χ1v) is 11.1. The quantitative estimate of drug-likeness (QED) is 0.629. The monoisotopic (exact) mass is 393 g/mol. The SMILES string of the molecule is C=c1ccc2c(c1Br)[Si](C)(c1ccccc1)c1cc(O)ccc1N=2. The molecule has 1 aliphatic heterocycles. The van der Waals surface area contributed by atoms with E-state index < -0.39 is 8.07 Å². The second-order valence-electron chi connectivity index (χ2n) is 6.24. The summed E-state index contributed by atoms with van der Waals surface area (Å²) in [5.41, 5.74) is 0.946. The Morgan fingerprint density at radius 2 is 1.79 bits per heavy atom. The highest BCUT2D eigenvalue weighted by Crippen LogP contribution is 2.23. The molecule has 3 aromatic rings. The summed E-state index contributed by atoms with van der Waals surface area (Å²) in [6, 6.07) is 20.1. The molecule has 24 heavy (non-hydrogen) atoms. The molecule has 4 heteroatoms. The van der Waals surface area contributed by atoms with Crippen LogP contribution in [0.25, 0.3) is 6.58 Å². The minimum absolute atomic E-state index is 0.281. The van der Waals surface area contributed by atoms with Gasteiger partial charge in [-0.25, -0.2) is 4.99 Å². The van der Waals surface area contributed by atoms with E-state index in [1.165, 1.54) is 10.4 Å². The molecule has 1 heterocycles. The van der Waals surface area contributed by atoms with Gasteiger partial charge in [0.1, 0.15) is 5.75 Å². The summed E-state index contributed by atoms with van der Waals surface area (Å²) in [7, 11) is -2.30. The molecule has 0 bridgehead atoms. The van der Waals surface area contributed by atoms with Crippen molar-refractivity contribution in [3.8, 4) is 5.75 Å². The maximum Gasteiger partial charge on any atom is 0.152 e. The number of phenols is 1. The third-order valence-electron chi connectivity index (χ3n) is 4.81. The van der Waals surface area contributed by atoms with Crippen molar-refractivity contribution >= 4 is 51.8 Å². The molecule has 2 nitrogen and oxygen atoms in total. The first-order chi connectivity index (χ1) is 11.5.